The molecule has 7 heteroatoms. The van der Waals surface area contributed by atoms with E-state index in [1.54, 1.807) is 30.6 Å². The summed E-state index contributed by atoms with van der Waals surface area (Å²) in [4.78, 5) is 16.1. The summed E-state index contributed by atoms with van der Waals surface area (Å²) in [6.45, 7) is 2.83. The van der Waals surface area contributed by atoms with Crippen molar-refractivity contribution in [2.45, 2.75) is 31.7 Å². The molecule has 1 fully saturated rings. The van der Waals surface area contributed by atoms with E-state index in [2.05, 4.69) is 27.7 Å². The summed E-state index contributed by atoms with van der Waals surface area (Å²) < 4.78 is 10.7. The smallest absolute Gasteiger partial charge is 0.258 e. The van der Waals surface area contributed by atoms with Gasteiger partial charge in [-0.1, -0.05) is 18.9 Å². The van der Waals surface area contributed by atoms with Gasteiger partial charge in [0.25, 0.3) is 5.91 Å². The Bertz CT molecular complexity index is 686. The Morgan fingerprint density at radius 3 is 2.39 bits per heavy atom. The molecule has 1 unspecified atom stereocenters. The predicted octanol–water partition coefficient (Wildman–Crippen LogP) is 4.29. The van der Waals surface area contributed by atoms with E-state index in [9.17, 15) is 4.79 Å². The summed E-state index contributed by atoms with van der Waals surface area (Å²) in [7, 11) is 1.62. The van der Waals surface area contributed by atoms with Gasteiger partial charge in [0.15, 0.2) is 6.61 Å². The van der Waals surface area contributed by atoms with Crippen molar-refractivity contribution in [2.75, 3.05) is 33.4 Å². The minimum atomic E-state index is -0.0952. The number of methoxy groups -OCH3 is 1. The van der Waals surface area contributed by atoms with Crippen molar-refractivity contribution in [2.24, 2.45) is 0 Å². The van der Waals surface area contributed by atoms with Crippen molar-refractivity contribution in [1.29, 1.82) is 0 Å². The van der Waals surface area contributed by atoms with Gasteiger partial charge in [-0.25, -0.2) is 0 Å². The van der Waals surface area contributed by atoms with Crippen molar-refractivity contribution >= 4 is 29.7 Å². The number of nitrogens with one attached hydrogen (secondary N) is 1. The van der Waals surface area contributed by atoms with Crippen molar-refractivity contribution in [3.63, 3.8) is 0 Å². The monoisotopic (exact) mass is 424 g/mol. The van der Waals surface area contributed by atoms with Gasteiger partial charge in [0.1, 0.15) is 11.5 Å². The zero-order chi connectivity index (χ0) is 18.9. The maximum atomic E-state index is 12.3. The second-order valence-corrected chi connectivity index (χ2v) is 7.73. The molecule has 1 atom stereocenters. The highest BCUT2D eigenvalue weighted by atomic mass is 35.5. The van der Waals surface area contributed by atoms with Gasteiger partial charge < -0.3 is 14.8 Å². The number of benzene rings is 1. The number of carbonyl (C=O) groups is 1. The van der Waals surface area contributed by atoms with Crippen molar-refractivity contribution < 1.29 is 14.3 Å². The number of thiophene rings is 1. The van der Waals surface area contributed by atoms with Gasteiger partial charge in [-0.15, -0.1) is 23.7 Å². The van der Waals surface area contributed by atoms with Crippen LogP contribution in [0.1, 0.15) is 36.6 Å². The summed E-state index contributed by atoms with van der Waals surface area (Å²) in [5.41, 5.74) is 0. The molecule has 2 heterocycles. The van der Waals surface area contributed by atoms with Gasteiger partial charge in [-0.3, -0.25) is 9.69 Å². The lowest BCUT2D eigenvalue weighted by Gasteiger charge is -2.30. The Labute approximate surface area is 177 Å². The van der Waals surface area contributed by atoms with Crippen LogP contribution in [-0.4, -0.2) is 44.2 Å². The molecule has 0 spiro atoms. The number of carbonyl (C=O) groups excluding carboxylic acids is 1. The molecule has 1 amide bonds. The first kappa shape index (κ1) is 22.5. The molecule has 1 aromatic carbocycles. The minimum Gasteiger partial charge on any atom is -0.497 e. The number of hydrogen-bond donors (Lipinski definition) is 1. The first-order chi connectivity index (χ1) is 13.3. The van der Waals surface area contributed by atoms with Crippen LogP contribution in [-0.2, 0) is 4.79 Å². The highest BCUT2D eigenvalue weighted by molar-refractivity contribution is 7.10. The number of ether oxygens (including phenoxy) is 2. The highest BCUT2D eigenvalue weighted by Crippen LogP contribution is 2.27. The van der Waals surface area contributed by atoms with Crippen LogP contribution in [0.5, 0.6) is 11.5 Å². The normalized spacial score (nSPS) is 15.8. The van der Waals surface area contributed by atoms with Crippen LogP contribution < -0.4 is 14.8 Å². The van der Waals surface area contributed by atoms with E-state index in [0.29, 0.717) is 12.3 Å². The van der Waals surface area contributed by atoms with E-state index in [4.69, 9.17) is 9.47 Å². The van der Waals surface area contributed by atoms with Gasteiger partial charge in [-0.2, -0.15) is 0 Å². The summed E-state index contributed by atoms with van der Waals surface area (Å²) in [5.74, 6) is 1.33. The molecule has 1 saturated heterocycles. The van der Waals surface area contributed by atoms with Gasteiger partial charge >= 0.3 is 0 Å². The van der Waals surface area contributed by atoms with Crippen molar-refractivity contribution in [1.82, 2.24) is 10.2 Å². The first-order valence-corrected chi connectivity index (χ1v) is 10.5. The fourth-order valence-corrected chi connectivity index (χ4v) is 4.24. The quantitative estimate of drug-likeness (QED) is 0.686. The summed E-state index contributed by atoms with van der Waals surface area (Å²) in [6, 6.07) is 11.7. The number of halogens is 1. The summed E-state index contributed by atoms with van der Waals surface area (Å²) in [6.07, 6.45) is 5.07. The number of rotatable bonds is 8. The van der Waals surface area contributed by atoms with Crippen LogP contribution >= 0.6 is 23.7 Å². The molecule has 1 aliphatic rings. The van der Waals surface area contributed by atoms with Crippen LogP contribution in [0.15, 0.2) is 41.8 Å². The molecule has 5 nitrogen and oxygen atoms in total. The van der Waals surface area contributed by atoms with E-state index in [-0.39, 0.29) is 31.0 Å². The molecule has 1 aromatic heterocycles. The van der Waals surface area contributed by atoms with E-state index >= 15 is 0 Å². The average Bonchev–Trinajstić information content (AvgIpc) is 3.10. The van der Waals surface area contributed by atoms with E-state index in [1.807, 2.05) is 12.1 Å². The Balaban J connectivity index is 0.00000280. The molecule has 1 N–H and O–H groups in total. The minimum absolute atomic E-state index is 0. The first-order valence-electron chi connectivity index (χ1n) is 9.57. The maximum absolute atomic E-state index is 12.3. The number of likely N-dealkylation sites (tertiary alicyclic amines) is 1. The van der Waals surface area contributed by atoms with Crippen LogP contribution in [0.4, 0.5) is 0 Å². The lowest BCUT2D eigenvalue weighted by Crippen LogP contribution is -2.39. The second kappa shape index (κ2) is 11.9. The van der Waals surface area contributed by atoms with Gasteiger partial charge in [0.2, 0.25) is 0 Å². The Morgan fingerprint density at radius 1 is 1.11 bits per heavy atom. The largest absolute Gasteiger partial charge is 0.497 e. The third kappa shape index (κ3) is 6.69. The molecule has 0 bridgehead atoms. The second-order valence-electron chi connectivity index (χ2n) is 6.75. The third-order valence-electron chi connectivity index (χ3n) is 4.87. The number of hydrogen-bond acceptors (Lipinski definition) is 5. The molecular formula is C21H29ClN2O3S. The Hall–Kier alpha value is -1.76. The molecule has 2 aromatic rings. The van der Waals surface area contributed by atoms with Gasteiger partial charge in [-0.05, 0) is 61.6 Å². The fourth-order valence-electron chi connectivity index (χ4n) is 3.38. The average molecular weight is 425 g/mol. The molecule has 0 radical (unpaired) electrons. The Morgan fingerprint density at radius 2 is 1.79 bits per heavy atom. The molecule has 0 aliphatic carbocycles. The zero-order valence-corrected chi connectivity index (χ0v) is 17.9. The third-order valence-corrected chi connectivity index (χ3v) is 5.85. The molecule has 28 heavy (non-hydrogen) atoms. The summed E-state index contributed by atoms with van der Waals surface area (Å²) in [5, 5.41) is 5.16. The summed E-state index contributed by atoms with van der Waals surface area (Å²) >= 11 is 1.76. The maximum Gasteiger partial charge on any atom is 0.258 e. The molecular weight excluding hydrogens is 396 g/mol. The van der Waals surface area contributed by atoms with E-state index < -0.39 is 0 Å². The fraction of sp³-hybridized carbons (Fsp3) is 0.476. The Kier molecular flexibility index (Phi) is 9.61. The van der Waals surface area contributed by atoms with Crippen LogP contribution in [0.2, 0.25) is 0 Å². The zero-order valence-electron chi connectivity index (χ0n) is 16.3. The van der Waals surface area contributed by atoms with Gasteiger partial charge in [0, 0.05) is 11.4 Å². The molecule has 3 rings (SSSR count). The standard InChI is InChI=1S/C21H28N2O3S.ClH/c1-25-17-8-10-18(11-9-17)26-16-21(24)22-15-19(20-7-6-14-27-20)23-12-4-2-3-5-13-23;/h6-11,14,19H,2-5,12-13,15-16H2,1H3,(H,22,24);1H. The van der Waals surface area contributed by atoms with Crippen LogP contribution in [0.25, 0.3) is 0 Å². The molecule has 154 valence electrons. The van der Waals surface area contributed by atoms with Crippen LogP contribution in [0, 0.1) is 0 Å². The van der Waals surface area contributed by atoms with Gasteiger partial charge in [0.05, 0.1) is 13.2 Å². The van der Waals surface area contributed by atoms with E-state index in [1.165, 1.54) is 30.6 Å². The molecule has 1 aliphatic heterocycles. The van der Waals surface area contributed by atoms with Crippen molar-refractivity contribution in [3.8, 4) is 11.5 Å². The van der Waals surface area contributed by atoms with E-state index in [0.717, 1.165) is 18.8 Å². The molecule has 0 saturated carbocycles. The highest BCUT2D eigenvalue weighted by Gasteiger charge is 2.23. The lowest BCUT2D eigenvalue weighted by molar-refractivity contribution is -0.123. The van der Waals surface area contributed by atoms with Crippen LogP contribution in [0.3, 0.4) is 0 Å². The lowest BCUT2D eigenvalue weighted by atomic mass is 10.2. The topological polar surface area (TPSA) is 50.8 Å². The SMILES string of the molecule is COc1ccc(OCC(=O)NCC(c2cccs2)N2CCCCCC2)cc1.Cl. The number of amides is 1. The number of nitrogens with zero attached hydrogens (tertiary/aromatic N) is 1. The predicted molar refractivity (Wildman–Crippen MR) is 116 cm³/mol. The van der Waals surface area contributed by atoms with Crippen molar-refractivity contribution in [3.05, 3.63) is 46.7 Å².